The quantitative estimate of drug-likeness (QED) is 0.884. The summed E-state index contributed by atoms with van der Waals surface area (Å²) in [6, 6.07) is 7.32. The Morgan fingerprint density at radius 2 is 2.04 bits per heavy atom. The first-order valence-corrected chi connectivity index (χ1v) is 8.71. The summed E-state index contributed by atoms with van der Waals surface area (Å²) in [5.41, 5.74) is 0.632. The summed E-state index contributed by atoms with van der Waals surface area (Å²) in [5.74, 6) is 3.31. The third kappa shape index (κ3) is 3.42. The summed E-state index contributed by atoms with van der Waals surface area (Å²) >= 11 is 0. The number of rotatable bonds is 6. The molecule has 2 aliphatic rings. The third-order valence-corrected chi connectivity index (χ3v) is 4.64. The van der Waals surface area contributed by atoms with E-state index in [0.29, 0.717) is 12.1 Å². The van der Waals surface area contributed by atoms with Crippen LogP contribution in [0.4, 0.5) is 0 Å². The molecule has 1 aliphatic heterocycles. The molecule has 24 heavy (non-hydrogen) atoms. The van der Waals surface area contributed by atoms with Crippen molar-refractivity contribution in [2.75, 3.05) is 6.61 Å². The second kappa shape index (κ2) is 6.63. The summed E-state index contributed by atoms with van der Waals surface area (Å²) in [4.78, 5) is 12.3. The number of amides is 1. The SMILES string of the molecule is O=C(NCc1nnc2n1CCCC2)c1ccc(OCC2CC2)cc1. The first-order chi connectivity index (χ1) is 11.8. The summed E-state index contributed by atoms with van der Waals surface area (Å²) < 4.78 is 7.82. The number of aryl methyl sites for hydroxylation is 1. The van der Waals surface area contributed by atoms with Gasteiger partial charge < -0.3 is 14.6 Å². The van der Waals surface area contributed by atoms with E-state index in [2.05, 4.69) is 20.1 Å². The third-order valence-electron chi connectivity index (χ3n) is 4.64. The maximum Gasteiger partial charge on any atom is 0.251 e. The lowest BCUT2D eigenvalue weighted by molar-refractivity contribution is 0.0949. The monoisotopic (exact) mass is 326 g/mol. The molecule has 0 atom stereocenters. The van der Waals surface area contributed by atoms with Crippen LogP contribution in [0.25, 0.3) is 0 Å². The van der Waals surface area contributed by atoms with E-state index in [1.54, 1.807) is 12.1 Å². The zero-order chi connectivity index (χ0) is 16.4. The van der Waals surface area contributed by atoms with Crippen molar-refractivity contribution in [3.05, 3.63) is 41.5 Å². The first kappa shape index (κ1) is 15.2. The Kier molecular flexibility index (Phi) is 4.19. The molecule has 1 fully saturated rings. The number of hydrogen-bond donors (Lipinski definition) is 1. The average molecular weight is 326 g/mol. The lowest BCUT2D eigenvalue weighted by Gasteiger charge is -2.14. The number of fused-ring (bicyclic) bond motifs is 1. The van der Waals surface area contributed by atoms with Crippen molar-refractivity contribution in [2.24, 2.45) is 5.92 Å². The number of hydrogen-bond acceptors (Lipinski definition) is 4. The molecule has 0 bridgehead atoms. The van der Waals surface area contributed by atoms with Crippen LogP contribution >= 0.6 is 0 Å². The zero-order valence-corrected chi connectivity index (χ0v) is 13.7. The smallest absolute Gasteiger partial charge is 0.251 e. The molecule has 1 N–H and O–H groups in total. The minimum absolute atomic E-state index is 0.100. The highest BCUT2D eigenvalue weighted by Gasteiger charge is 2.22. The van der Waals surface area contributed by atoms with Crippen molar-refractivity contribution in [1.29, 1.82) is 0 Å². The molecule has 126 valence electrons. The second-order valence-corrected chi connectivity index (χ2v) is 6.60. The number of carbonyl (C=O) groups is 1. The van der Waals surface area contributed by atoms with Crippen LogP contribution in [0.3, 0.4) is 0 Å². The standard InChI is InChI=1S/C18H22N4O2/c23-18(14-6-8-15(9-7-14)24-12-13-4-5-13)19-11-17-21-20-16-3-1-2-10-22(16)17/h6-9,13H,1-5,10-12H2,(H,19,23). The second-order valence-electron chi connectivity index (χ2n) is 6.60. The van der Waals surface area contributed by atoms with Gasteiger partial charge in [-0.1, -0.05) is 0 Å². The molecule has 4 rings (SSSR count). The Morgan fingerprint density at radius 3 is 2.83 bits per heavy atom. The molecule has 0 radical (unpaired) electrons. The van der Waals surface area contributed by atoms with Gasteiger partial charge in [-0.2, -0.15) is 0 Å². The lowest BCUT2D eigenvalue weighted by Crippen LogP contribution is -2.25. The van der Waals surface area contributed by atoms with Crippen LogP contribution in [0.15, 0.2) is 24.3 Å². The van der Waals surface area contributed by atoms with E-state index in [0.717, 1.165) is 49.3 Å². The summed E-state index contributed by atoms with van der Waals surface area (Å²) in [6.07, 6.45) is 5.83. The molecule has 1 aromatic carbocycles. The van der Waals surface area contributed by atoms with Gasteiger partial charge in [-0.3, -0.25) is 4.79 Å². The van der Waals surface area contributed by atoms with Crippen LogP contribution in [-0.4, -0.2) is 27.3 Å². The molecule has 2 heterocycles. The van der Waals surface area contributed by atoms with E-state index >= 15 is 0 Å². The Balaban J connectivity index is 1.33. The van der Waals surface area contributed by atoms with E-state index in [4.69, 9.17) is 4.74 Å². The van der Waals surface area contributed by atoms with E-state index in [1.165, 1.54) is 19.3 Å². The normalized spacial score (nSPS) is 16.5. The highest BCUT2D eigenvalue weighted by Crippen LogP contribution is 2.29. The maximum absolute atomic E-state index is 12.3. The highest BCUT2D eigenvalue weighted by molar-refractivity contribution is 5.94. The molecule has 2 aromatic rings. The van der Waals surface area contributed by atoms with Crippen molar-refractivity contribution in [3.8, 4) is 5.75 Å². The average Bonchev–Trinajstić information content (AvgIpc) is 3.37. The maximum atomic E-state index is 12.3. The Labute approximate surface area is 141 Å². The molecule has 0 spiro atoms. The van der Waals surface area contributed by atoms with Crippen molar-refractivity contribution < 1.29 is 9.53 Å². The minimum atomic E-state index is -0.100. The molecule has 0 unspecified atom stereocenters. The van der Waals surface area contributed by atoms with E-state index in [-0.39, 0.29) is 5.91 Å². The van der Waals surface area contributed by atoms with Crippen molar-refractivity contribution in [3.63, 3.8) is 0 Å². The summed E-state index contributed by atoms with van der Waals surface area (Å²) in [6.45, 7) is 2.13. The van der Waals surface area contributed by atoms with E-state index in [9.17, 15) is 4.79 Å². The van der Waals surface area contributed by atoms with Crippen LogP contribution in [0.1, 0.15) is 47.7 Å². The van der Waals surface area contributed by atoms with Crippen molar-refractivity contribution >= 4 is 5.91 Å². The Bertz CT molecular complexity index is 719. The largest absolute Gasteiger partial charge is 0.493 e. The fourth-order valence-corrected chi connectivity index (χ4v) is 2.96. The molecule has 6 nitrogen and oxygen atoms in total. The molecule has 6 heteroatoms. The van der Waals surface area contributed by atoms with Crippen LogP contribution in [0, 0.1) is 5.92 Å². The molecule has 1 aromatic heterocycles. The number of nitrogens with zero attached hydrogens (tertiary/aromatic N) is 3. The lowest BCUT2D eigenvalue weighted by atomic mass is 10.1. The number of carbonyl (C=O) groups excluding carboxylic acids is 1. The van der Waals surface area contributed by atoms with E-state index < -0.39 is 0 Å². The Hall–Kier alpha value is -2.37. The van der Waals surface area contributed by atoms with Crippen LogP contribution in [-0.2, 0) is 19.5 Å². The van der Waals surface area contributed by atoms with Crippen molar-refractivity contribution in [1.82, 2.24) is 20.1 Å². The Morgan fingerprint density at radius 1 is 1.21 bits per heavy atom. The van der Waals surface area contributed by atoms with Crippen LogP contribution < -0.4 is 10.1 Å². The van der Waals surface area contributed by atoms with Gasteiger partial charge in [0.15, 0.2) is 5.82 Å². The van der Waals surface area contributed by atoms with Gasteiger partial charge in [0.2, 0.25) is 0 Å². The van der Waals surface area contributed by atoms with Gasteiger partial charge >= 0.3 is 0 Å². The number of nitrogens with one attached hydrogen (secondary N) is 1. The molecular weight excluding hydrogens is 304 g/mol. The topological polar surface area (TPSA) is 69.0 Å². The van der Waals surface area contributed by atoms with Gasteiger partial charge in [-0.05, 0) is 55.9 Å². The van der Waals surface area contributed by atoms with Gasteiger partial charge in [-0.25, -0.2) is 0 Å². The molecule has 1 saturated carbocycles. The fourth-order valence-electron chi connectivity index (χ4n) is 2.96. The number of ether oxygens (including phenoxy) is 1. The summed E-state index contributed by atoms with van der Waals surface area (Å²) in [7, 11) is 0. The zero-order valence-electron chi connectivity index (χ0n) is 13.7. The molecular formula is C18H22N4O2. The highest BCUT2D eigenvalue weighted by atomic mass is 16.5. The summed E-state index contributed by atoms with van der Waals surface area (Å²) in [5, 5.41) is 11.3. The predicted molar refractivity (Wildman–Crippen MR) is 88.8 cm³/mol. The van der Waals surface area contributed by atoms with Gasteiger partial charge in [0.05, 0.1) is 13.2 Å². The van der Waals surface area contributed by atoms with Crippen molar-refractivity contribution in [2.45, 2.75) is 45.2 Å². The minimum Gasteiger partial charge on any atom is -0.493 e. The number of aromatic nitrogens is 3. The fraction of sp³-hybridized carbons (Fsp3) is 0.500. The first-order valence-electron chi connectivity index (χ1n) is 8.71. The molecule has 0 saturated heterocycles. The van der Waals surface area contributed by atoms with Gasteiger partial charge in [0.1, 0.15) is 11.6 Å². The van der Waals surface area contributed by atoms with Gasteiger partial charge in [0, 0.05) is 18.5 Å². The van der Waals surface area contributed by atoms with E-state index in [1.807, 2.05) is 12.1 Å². The van der Waals surface area contributed by atoms with Crippen LogP contribution in [0.5, 0.6) is 5.75 Å². The van der Waals surface area contributed by atoms with Gasteiger partial charge in [0.25, 0.3) is 5.91 Å². The van der Waals surface area contributed by atoms with Crippen LogP contribution in [0.2, 0.25) is 0 Å². The molecule has 1 amide bonds. The van der Waals surface area contributed by atoms with Gasteiger partial charge in [-0.15, -0.1) is 10.2 Å². The predicted octanol–water partition coefficient (Wildman–Crippen LogP) is 2.33. The molecule has 1 aliphatic carbocycles. The number of benzene rings is 1.